The van der Waals surface area contributed by atoms with Crippen LogP contribution in [0.2, 0.25) is 0 Å². The van der Waals surface area contributed by atoms with Gasteiger partial charge in [0, 0.05) is 6.61 Å². The van der Waals surface area contributed by atoms with Crippen LogP contribution in [0.15, 0.2) is 0 Å². The van der Waals surface area contributed by atoms with Gasteiger partial charge in [0.1, 0.15) is 5.60 Å². The zero-order valence-electron chi connectivity index (χ0n) is 9.82. The lowest BCUT2D eigenvalue weighted by Gasteiger charge is -2.19. The summed E-state index contributed by atoms with van der Waals surface area (Å²) in [5.41, 5.74) is -0.731. The smallest absolute Gasteiger partial charge is 0.421 e. The first kappa shape index (κ1) is 15.2. The Bertz CT molecular complexity index is 317. The molecule has 0 atom stereocenters. The van der Waals surface area contributed by atoms with E-state index in [1.807, 2.05) is 0 Å². The summed E-state index contributed by atoms with van der Waals surface area (Å²) in [6.07, 6.45) is -0.291. The van der Waals surface area contributed by atoms with E-state index in [1.54, 1.807) is 25.5 Å². The maximum Gasteiger partial charge on any atom is 0.421 e. The Hall–Kier alpha value is -0.820. The molecular formula is C9H19NO5S. The predicted molar refractivity (Wildman–Crippen MR) is 59.5 cm³/mol. The lowest BCUT2D eigenvalue weighted by molar-refractivity contribution is 0.0570. The number of amides is 1. The normalized spacial score (nSPS) is 12.2. The van der Waals surface area contributed by atoms with Crippen LogP contribution < -0.4 is 4.72 Å². The van der Waals surface area contributed by atoms with Crippen LogP contribution in [0.25, 0.3) is 0 Å². The molecule has 0 heterocycles. The number of ether oxygens (including phenoxy) is 1. The molecule has 0 unspecified atom stereocenters. The molecule has 0 saturated heterocycles. The molecule has 0 aromatic rings. The second-order valence-electron chi connectivity index (χ2n) is 4.35. The lowest BCUT2D eigenvalue weighted by atomic mass is 10.2. The van der Waals surface area contributed by atoms with Gasteiger partial charge in [-0.25, -0.2) is 17.9 Å². The van der Waals surface area contributed by atoms with Crippen LogP contribution in [0.4, 0.5) is 4.79 Å². The topological polar surface area (TPSA) is 92.7 Å². The van der Waals surface area contributed by atoms with Crippen LogP contribution in [0.3, 0.4) is 0 Å². The van der Waals surface area contributed by atoms with Crippen LogP contribution in [0, 0.1) is 0 Å². The van der Waals surface area contributed by atoms with Gasteiger partial charge in [-0.3, -0.25) is 0 Å². The third-order valence-electron chi connectivity index (χ3n) is 1.46. The van der Waals surface area contributed by atoms with Crippen molar-refractivity contribution in [3.05, 3.63) is 0 Å². The Morgan fingerprint density at radius 1 is 1.31 bits per heavy atom. The quantitative estimate of drug-likeness (QED) is 0.700. The molecule has 6 nitrogen and oxygen atoms in total. The van der Waals surface area contributed by atoms with E-state index in [2.05, 4.69) is 0 Å². The molecule has 0 aromatic heterocycles. The van der Waals surface area contributed by atoms with Gasteiger partial charge in [0.05, 0.1) is 5.75 Å². The predicted octanol–water partition coefficient (Wildman–Crippen LogP) is 0.613. The van der Waals surface area contributed by atoms with Gasteiger partial charge in [0.15, 0.2) is 0 Å². The average Bonchev–Trinajstić information content (AvgIpc) is 1.98. The number of hydrogen-bond acceptors (Lipinski definition) is 5. The first-order chi connectivity index (χ1) is 7.16. The van der Waals surface area contributed by atoms with Crippen molar-refractivity contribution in [2.75, 3.05) is 12.4 Å². The van der Waals surface area contributed by atoms with E-state index in [9.17, 15) is 13.2 Å². The second-order valence-corrected chi connectivity index (χ2v) is 6.20. The molecule has 0 radical (unpaired) electrons. The molecule has 0 rings (SSSR count). The minimum absolute atomic E-state index is 0.0675. The molecule has 0 aliphatic rings. The van der Waals surface area contributed by atoms with E-state index in [0.717, 1.165) is 0 Å². The van der Waals surface area contributed by atoms with Crippen molar-refractivity contribution in [2.45, 2.75) is 39.2 Å². The molecule has 0 bridgehead atoms. The van der Waals surface area contributed by atoms with E-state index in [-0.39, 0.29) is 12.4 Å². The highest BCUT2D eigenvalue weighted by Crippen LogP contribution is 2.07. The monoisotopic (exact) mass is 253 g/mol. The Labute approximate surface area is 96.0 Å². The SMILES string of the molecule is CC(C)(C)OC(=O)NS(=O)(=O)CCCCO. The van der Waals surface area contributed by atoms with Gasteiger partial charge < -0.3 is 9.84 Å². The number of unbranched alkanes of at least 4 members (excludes halogenated alkanes) is 1. The van der Waals surface area contributed by atoms with Gasteiger partial charge in [-0.05, 0) is 33.6 Å². The van der Waals surface area contributed by atoms with Crippen LogP contribution in [0.1, 0.15) is 33.6 Å². The standard InChI is InChI=1S/C9H19NO5S/c1-9(2,3)15-8(12)10-16(13,14)7-5-4-6-11/h11H,4-7H2,1-3H3,(H,10,12). The minimum atomic E-state index is -3.66. The number of hydrogen-bond donors (Lipinski definition) is 2. The summed E-state index contributed by atoms with van der Waals surface area (Å²) in [7, 11) is -3.66. The Morgan fingerprint density at radius 2 is 1.88 bits per heavy atom. The van der Waals surface area contributed by atoms with Crippen LogP contribution in [-0.4, -0.2) is 37.6 Å². The molecule has 0 spiro atoms. The minimum Gasteiger partial charge on any atom is -0.443 e. The summed E-state index contributed by atoms with van der Waals surface area (Å²) in [4.78, 5) is 11.1. The number of rotatable bonds is 5. The maximum atomic E-state index is 11.3. The largest absolute Gasteiger partial charge is 0.443 e. The molecule has 2 N–H and O–H groups in total. The van der Waals surface area contributed by atoms with Gasteiger partial charge in [0.2, 0.25) is 10.0 Å². The van der Waals surface area contributed by atoms with E-state index < -0.39 is 21.7 Å². The Kier molecular flexibility index (Phi) is 5.74. The summed E-state index contributed by atoms with van der Waals surface area (Å²) < 4.78 is 29.2. The van der Waals surface area contributed by atoms with E-state index in [0.29, 0.717) is 12.8 Å². The van der Waals surface area contributed by atoms with Crippen molar-refractivity contribution in [2.24, 2.45) is 0 Å². The van der Waals surface area contributed by atoms with Gasteiger partial charge >= 0.3 is 6.09 Å². The second kappa shape index (κ2) is 6.05. The number of aliphatic hydroxyl groups is 1. The van der Waals surface area contributed by atoms with Crippen molar-refractivity contribution in [1.82, 2.24) is 4.72 Å². The molecule has 0 aliphatic heterocycles. The van der Waals surface area contributed by atoms with Crippen LogP contribution >= 0.6 is 0 Å². The first-order valence-corrected chi connectivity index (χ1v) is 6.66. The van der Waals surface area contributed by atoms with Crippen LogP contribution in [-0.2, 0) is 14.8 Å². The zero-order valence-corrected chi connectivity index (χ0v) is 10.6. The summed E-state index contributed by atoms with van der Waals surface area (Å²) in [5.74, 6) is -0.202. The van der Waals surface area contributed by atoms with Crippen molar-refractivity contribution in [1.29, 1.82) is 0 Å². The molecule has 1 amide bonds. The van der Waals surface area contributed by atoms with Crippen LogP contribution in [0.5, 0.6) is 0 Å². The third kappa shape index (κ3) is 8.49. The van der Waals surface area contributed by atoms with Crippen molar-refractivity contribution in [3.63, 3.8) is 0 Å². The molecule has 96 valence electrons. The fraction of sp³-hybridized carbons (Fsp3) is 0.889. The highest BCUT2D eigenvalue weighted by atomic mass is 32.2. The van der Waals surface area contributed by atoms with Crippen molar-refractivity contribution < 1.29 is 23.1 Å². The Morgan fingerprint density at radius 3 is 2.31 bits per heavy atom. The summed E-state index contributed by atoms with van der Waals surface area (Å²) in [6, 6.07) is 0. The number of nitrogens with one attached hydrogen (secondary N) is 1. The fourth-order valence-corrected chi connectivity index (χ4v) is 1.86. The number of aliphatic hydroxyl groups excluding tert-OH is 1. The zero-order chi connectivity index (χ0) is 12.8. The van der Waals surface area contributed by atoms with Crippen molar-refractivity contribution in [3.8, 4) is 0 Å². The average molecular weight is 253 g/mol. The highest BCUT2D eigenvalue weighted by molar-refractivity contribution is 7.90. The van der Waals surface area contributed by atoms with Gasteiger partial charge in [0.25, 0.3) is 0 Å². The maximum absolute atomic E-state index is 11.3. The molecule has 16 heavy (non-hydrogen) atoms. The third-order valence-corrected chi connectivity index (χ3v) is 2.76. The van der Waals surface area contributed by atoms with Crippen molar-refractivity contribution >= 4 is 16.1 Å². The Balaban J connectivity index is 4.11. The fourth-order valence-electron chi connectivity index (χ4n) is 0.881. The van der Waals surface area contributed by atoms with E-state index in [1.165, 1.54) is 0 Å². The summed E-state index contributed by atoms with van der Waals surface area (Å²) in [5, 5.41) is 8.49. The van der Waals surface area contributed by atoms with Gasteiger partial charge in [-0.2, -0.15) is 0 Å². The molecule has 7 heteroatoms. The number of carbonyl (C=O) groups is 1. The van der Waals surface area contributed by atoms with Gasteiger partial charge in [-0.15, -0.1) is 0 Å². The molecule has 0 fully saturated rings. The summed E-state index contributed by atoms with van der Waals surface area (Å²) >= 11 is 0. The summed E-state index contributed by atoms with van der Waals surface area (Å²) in [6.45, 7) is 4.86. The van der Waals surface area contributed by atoms with Gasteiger partial charge in [-0.1, -0.05) is 0 Å². The number of carbonyl (C=O) groups excluding carboxylic acids is 1. The highest BCUT2D eigenvalue weighted by Gasteiger charge is 2.20. The van der Waals surface area contributed by atoms with E-state index in [4.69, 9.17) is 9.84 Å². The molecule has 0 aliphatic carbocycles. The first-order valence-electron chi connectivity index (χ1n) is 5.00. The molecule has 0 aromatic carbocycles. The molecule has 0 saturated carbocycles. The lowest BCUT2D eigenvalue weighted by Crippen LogP contribution is -2.37. The number of sulfonamides is 1. The molecular weight excluding hydrogens is 234 g/mol. The van der Waals surface area contributed by atoms with E-state index >= 15 is 0 Å².